The summed E-state index contributed by atoms with van der Waals surface area (Å²) in [6, 6.07) is 18.5. The normalized spacial score (nSPS) is 11.1. The molecule has 0 spiro atoms. The molecule has 3 N–H and O–H groups in total. The fourth-order valence-electron chi connectivity index (χ4n) is 3.12. The predicted molar refractivity (Wildman–Crippen MR) is 105 cm³/mol. The van der Waals surface area contributed by atoms with Crippen molar-refractivity contribution in [2.45, 2.75) is 6.54 Å². The molecule has 0 fully saturated rings. The van der Waals surface area contributed by atoms with Crippen molar-refractivity contribution in [1.82, 2.24) is 9.55 Å². The Morgan fingerprint density at radius 2 is 1.96 bits per heavy atom. The lowest BCUT2D eigenvalue weighted by atomic mass is 10.2. The number of aromatic nitrogens is 2. The van der Waals surface area contributed by atoms with Crippen molar-refractivity contribution in [3.63, 3.8) is 0 Å². The Morgan fingerprint density at radius 3 is 2.72 bits per heavy atom. The van der Waals surface area contributed by atoms with E-state index in [0.29, 0.717) is 0 Å². The molecule has 0 amide bonds. The average molecular weight is 350 g/mol. The number of ether oxygens (including phenoxy) is 1. The minimum atomic E-state index is 0.772. The number of pyridine rings is 1. The van der Waals surface area contributed by atoms with Gasteiger partial charge < -0.3 is 14.0 Å². The van der Waals surface area contributed by atoms with Gasteiger partial charge in [0.25, 0.3) is 0 Å². The summed E-state index contributed by atoms with van der Waals surface area (Å²) in [6.07, 6.45) is 1.83. The molecule has 4 rings (SSSR count). The smallest absolute Gasteiger partial charge is 0.119 e. The van der Waals surface area contributed by atoms with Crippen LogP contribution >= 0.6 is 12.1 Å². The number of rotatable bonds is 5. The summed E-state index contributed by atoms with van der Waals surface area (Å²) in [7, 11) is 1.68. The van der Waals surface area contributed by atoms with Crippen LogP contribution in [-0.4, -0.2) is 16.7 Å². The fourth-order valence-corrected chi connectivity index (χ4v) is 3.39. The van der Waals surface area contributed by atoms with Crippen LogP contribution in [0.3, 0.4) is 0 Å². The minimum Gasteiger partial charge on any atom is -0.497 e. The third-order valence-corrected chi connectivity index (χ3v) is 4.65. The molecule has 25 heavy (non-hydrogen) atoms. The van der Waals surface area contributed by atoms with Crippen LogP contribution in [0.15, 0.2) is 60.8 Å². The lowest BCUT2D eigenvalue weighted by molar-refractivity contribution is 0.415. The quantitative estimate of drug-likeness (QED) is 0.529. The van der Waals surface area contributed by atoms with Crippen LogP contribution < -0.4 is 14.6 Å². The molecule has 2 aromatic heterocycles. The monoisotopic (exact) mass is 350 g/mol. The number of methoxy groups -OCH3 is 1. The fraction of sp³-hybridized carbons (Fsp3) is 0.105. The Morgan fingerprint density at radius 1 is 1.12 bits per heavy atom. The molecule has 126 valence electrons. The Hall–Kier alpha value is -2.70. The highest BCUT2D eigenvalue weighted by Gasteiger charge is 2.12. The van der Waals surface area contributed by atoms with Crippen molar-refractivity contribution in [3.05, 3.63) is 66.4 Å². The highest BCUT2D eigenvalue weighted by Crippen LogP contribution is 2.31. The van der Waals surface area contributed by atoms with E-state index >= 15 is 0 Å². The first-order valence-electron chi connectivity index (χ1n) is 7.92. The minimum absolute atomic E-state index is 0.772. The summed E-state index contributed by atoms with van der Waals surface area (Å²) < 4.78 is 10.7. The third kappa shape index (κ3) is 2.90. The molecule has 0 saturated carbocycles. The van der Waals surface area contributed by atoms with Gasteiger partial charge in [0, 0.05) is 35.9 Å². The van der Waals surface area contributed by atoms with Crippen LogP contribution in [0.5, 0.6) is 5.75 Å². The van der Waals surface area contributed by atoms with Crippen molar-refractivity contribution < 1.29 is 4.74 Å². The zero-order valence-electron chi connectivity index (χ0n) is 13.8. The van der Waals surface area contributed by atoms with Gasteiger partial charge in [0.2, 0.25) is 0 Å². The van der Waals surface area contributed by atoms with Gasteiger partial charge in [-0.15, -0.1) is 0 Å². The number of anilines is 1. The molecule has 0 aliphatic rings. The van der Waals surface area contributed by atoms with E-state index < -0.39 is 0 Å². The number of nitrogens with zero attached hydrogens (tertiary/aromatic N) is 2. The van der Waals surface area contributed by atoms with Gasteiger partial charge >= 0.3 is 0 Å². The van der Waals surface area contributed by atoms with Crippen molar-refractivity contribution in [3.8, 4) is 5.75 Å². The Bertz CT molecular complexity index is 1030. The number of nitrogens with two attached hydrogens (primary N) is 1. The Labute approximate surface area is 150 Å². The SMILES string of the molecule is COc1ccc2c(c1)c1ncccc1n2Cc1ccc(NSN)cc1. The highest BCUT2D eigenvalue weighted by atomic mass is 32.2. The van der Waals surface area contributed by atoms with Crippen molar-refractivity contribution in [1.29, 1.82) is 0 Å². The van der Waals surface area contributed by atoms with Crippen LogP contribution in [0.1, 0.15) is 5.56 Å². The van der Waals surface area contributed by atoms with Crippen LogP contribution in [0.4, 0.5) is 5.69 Å². The first kappa shape index (κ1) is 15.8. The van der Waals surface area contributed by atoms with Gasteiger partial charge in [0.05, 0.1) is 23.7 Å². The zero-order chi connectivity index (χ0) is 17.2. The summed E-state index contributed by atoms with van der Waals surface area (Å²) in [5.74, 6) is 0.840. The van der Waals surface area contributed by atoms with Crippen LogP contribution in [-0.2, 0) is 6.54 Å². The summed E-state index contributed by atoms with van der Waals surface area (Å²) in [5, 5.41) is 6.55. The van der Waals surface area contributed by atoms with Gasteiger partial charge in [0.1, 0.15) is 5.75 Å². The second-order valence-electron chi connectivity index (χ2n) is 5.76. The number of hydrogen-bond acceptors (Lipinski definition) is 5. The average Bonchev–Trinajstić information content (AvgIpc) is 2.97. The lowest BCUT2D eigenvalue weighted by Crippen LogP contribution is -2.00. The molecular formula is C19H18N4OS. The molecule has 0 unspecified atom stereocenters. The third-order valence-electron chi connectivity index (χ3n) is 4.30. The summed E-state index contributed by atoms with van der Waals surface area (Å²) in [6.45, 7) is 0.772. The zero-order valence-corrected chi connectivity index (χ0v) is 14.6. The van der Waals surface area contributed by atoms with E-state index in [1.54, 1.807) is 7.11 Å². The summed E-state index contributed by atoms with van der Waals surface area (Å²) in [4.78, 5) is 4.58. The maximum atomic E-state index is 5.44. The first-order chi connectivity index (χ1) is 12.3. The van der Waals surface area contributed by atoms with Crippen molar-refractivity contribution in [2.24, 2.45) is 5.14 Å². The Balaban J connectivity index is 1.82. The number of fused-ring (bicyclic) bond motifs is 3. The summed E-state index contributed by atoms with van der Waals surface area (Å²) in [5.41, 5.74) is 5.46. The second kappa shape index (κ2) is 6.66. The van der Waals surface area contributed by atoms with Gasteiger partial charge in [-0.05, 0) is 48.0 Å². The van der Waals surface area contributed by atoms with E-state index in [-0.39, 0.29) is 0 Å². The molecular weight excluding hydrogens is 332 g/mol. The molecule has 0 aliphatic carbocycles. The van der Waals surface area contributed by atoms with Crippen LogP contribution in [0.2, 0.25) is 0 Å². The molecule has 0 atom stereocenters. The van der Waals surface area contributed by atoms with Gasteiger partial charge in [-0.3, -0.25) is 10.1 Å². The largest absolute Gasteiger partial charge is 0.497 e. The molecule has 6 heteroatoms. The maximum absolute atomic E-state index is 5.44. The molecule has 0 radical (unpaired) electrons. The van der Waals surface area contributed by atoms with Crippen molar-refractivity contribution >= 4 is 39.8 Å². The molecule has 0 saturated heterocycles. The maximum Gasteiger partial charge on any atom is 0.119 e. The lowest BCUT2D eigenvalue weighted by Gasteiger charge is -2.09. The van der Waals surface area contributed by atoms with Gasteiger partial charge in [-0.25, -0.2) is 0 Å². The van der Waals surface area contributed by atoms with Crippen molar-refractivity contribution in [2.75, 3.05) is 11.8 Å². The molecule has 5 nitrogen and oxygen atoms in total. The molecule has 0 bridgehead atoms. The molecule has 2 heterocycles. The van der Waals surface area contributed by atoms with E-state index in [2.05, 4.69) is 38.5 Å². The van der Waals surface area contributed by atoms with E-state index in [1.165, 1.54) is 5.56 Å². The Kier molecular flexibility index (Phi) is 4.21. The van der Waals surface area contributed by atoms with Gasteiger partial charge in [-0.1, -0.05) is 12.1 Å². The van der Waals surface area contributed by atoms with Crippen LogP contribution in [0.25, 0.3) is 21.9 Å². The molecule has 4 aromatic rings. The van der Waals surface area contributed by atoms with Gasteiger partial charge in [0.15, 0.2) is 0 Å². The van der Waals surface area contributed by atoms with E-state index in [9.17, 15) is 0 Å². The number of nitrogens with one attached hydrogen (secondary N) is 1. The highest BCUT2D eigenvalue weighted by molar-refractivity contribution is 7.98. The van der Waals surface area contributed by atoms with Gasteiger partial charge in [-0.2, -0.15) is 0 Å². The number of benzene rings is 2. The van der Waals surface area contributed by atoms with E-state index in [1.807, 2.05) is 36.5 Å². The second-order valence-corrected chi connectivity index (χ2v) is 6.20. The topological polar surface area (TPSA) is 65.1 Å². The predicted octanol–water partition coefficient (Wildman–Crippen LogP) is 4.18. The van der Waals surface area contributed by atoms with E-state index in [4.69, 9.17) is 9.88 Å². The standard InChI is InChI=1S/C19H18N4OS/c1-24-15-8-9-17-16(11-15)19-18(3-2-10-21-19)23(17)12-13-4-6-14(7-5-13)22-25-20/h2-11,22H,12,20H2,1H3. The number of hydrogen-bond donors (Lipinski definition) is 2. The first-order valence-corrected chi connectivity index (χ1v) is 8.80. The molecule has 0 aliphatic heterocycles. The molecule has 2 aromatic carbocycles. The summed E-state index contributed by atoms with van der Waals surface area (Å²) >= 11 is 1.10. The van der Waals surface area contributed by atoms with E-state index in [0.717, 1.165) is 52.1 Å². The van der Waals surface area contributed by atoms with Crippen LogP contribution in [0, 0.1) is 0 Å².